The number of carbonyl (C=O) groups excluding carboxylic acids is 2. The van der Waals surface area contributed by atoms with Crippen molar-refractivity contribution in [1.82, 2.24) is 40.2 Å². The Morgan fingerprint density at radius 2 is 1.58 bits per heavy atom. The lowest BCUT2D eigenvalue weighted by atomic mass is 9.85. The van der Waals surface area contributed by atoms with Gasteiger partial charge in [-0.2, -0.15) is 0 Å². The molecule has 3 N–H and O–H groups in total. The second-order valence-electron chi connectivity index (χ2n) is 14.3. The molecular weight excluding hydrogens is 651 g/mol. The molecule has 0 spiro atoms. The Labute approximate surface area is 295 Å². The van der Waals surface area contributed by atoms with E-state index in [0.29, 0.717) is 41.1 Å². The lowest BCUT2D eigenvalue weighted by Gasteiger charge is -2.48. The van der Waals surface area contributed by atoms with Gasteiger partial charge in [-0.05, 0) is 84.2 Å². The number of aromatic nitrogens is 2. The Morgan fingerprint density at radius 3 is 2.19 bits per heavy atom. The second kappa shape index (κ2) is 16.6. The highest BCUT2D eigenvalue weighted by Gasteiger charge is 2.40. The van der Waals surface area contributed by atoms with E-state index in [-0.39, 0.29) is 34.8 Å². The molecule has 3 saturated heterocycles. The van der Waals surface area contributed by atoms with Gasteiger partial charge >= 0.3 is 0 Å². The first kappa shape index (κ1) is 36.9. The number of aliphatic hydroxyl groups excluding tert-OH is 1. The molecule has 13 heteroatoms. The fourth-order valence-corrected chi connectivity index (χ4v) is 7.88. The van der Waals surface area contributed by atoms with E-state index in [1.807, 2.05) is 0 Å². The van der Waals surface area contributed by atoms with Crippen LogP contribution in [0.15, 0.2) is 36.7 Å². The van der Waals surface area contributed by atoms with Gasteiger partial charge in [0.1, 0.15) is 11.4 Å². The summed E-state index contributed by atoms with van der Waals surface area (Å²) in [6, 6.07) is 7.59. The van der Waals surface area contributed by atoms with Gasteiger partial charge < -0.3 is 25.5 Å². The standard InChI is InChI=1S/C35H52Cl2N8O3/c1-24(2)44-17-12-35(13-18-44,41-34(48)32-28(37)8-6-15-39-32)23-43-20-19-42(4)26(21-43)10-9-25(3)45-16-11-29(30(46)22-45)40-33(47)31-27(36)7-5-14-38-31/h5-8,14-15,24-26,29-30,46H,9-13,16-23H2,1-4H3,(H,40,47)(H,41,48). The molecule has 3 aliphatic heterocycles. The average molecular weight is 704 g/mol. The number of likely N-dealkylation sites (tertiary alicyclic amines) is 2. The third kappa shape index (κ3) is 9.24. The highest BCUT2D eigenvalue weighted by atomic mass is 35.5. The summed E-state index contributed by atoms with van der Waals surface area (Å²) in [6.45, 7) is 13.5. The number of nitrogens with zero attached hydrogens (tertiary/aromatic N) is 6. The number of hydrogen-bond donors (Lipinski definition) is 3. The minimum Gasteiger partial charge on any atom is -0.390 e. The Kier molecular flexibility index (Phi) is 12.7. The Hall–Kier alpha value is -2.38. The number of amides is 2. The molecule has 48 heavy (non-hydrogen) atoms. The van der Waals surface area contributed by atoms with Gasteiger partial charge in [-0.3, -0.25) is 19.4 Å². The summed E-state index contributed by atoms with van der Waals surface area (Å²) in [5.74, 6) is -0.562. The van der Waals surface area contributed by atoms with Crippen molar-refractivity contribution in [2.24, 2.45) is 0 Å². The molecule has 2 amide bonds. The molecule has 4 atom stereocenters. The van der Waals surface area contributed by atoms with Crippen LogP contribution in [0.2, 0.25) is 10.0 Å². The summed E-state index contributed by atoms with van der Waals surface area (Å²) in [7, 11) is 2.21. The minimum atomic E-state index is -0.671. The van der Waals surface area contributed by atoms with E-state index < -0.39 is 6.10 Å². The van der Waals surface area contributed by atoms with Crippen LogP contribution in [0.4, 0.5) is 0 Å². The molecule has 5 rings (SSSR count). The summed E-state index contributed by atoms with van der Waals surface area (Å²) < 4.78 is 0. The number of carbonyl (C=O) groups is 2. The van der Waals surface area contributed by atoms with Crippen molar-refractivity contribution in [1.29, 1.82) is 0 Å². The van der Waals surface area contributed by atoms with E-state index in [1.165, 1.54) is 6.20 Å². The zero-order chi connectivity index (χ0) is 34.4. The van der Waals surface area contributed by atoms with E-state index >= 15 is 0 Å². The van der Waals surface area contributed by atoms with Crippen LogP contribution in [0.1, 0.15) is 73.9 Å². The summed E-state index contributed by atoms with van der Waals surface area (Å²) in [4.78, 5) is 44.4. The second-order valence-corrected chi connectivity index (χ2v) is 15.1. The van der Waals surface area contributed by atoms with Crippen molar-refractivity contribution in [3.63, 3.8) is 0 Å². The number of β-amino-alcohol motifs (C(OH)–C–C–N with tert-alkyl or cyclic N) is 1. The van der Waals surface area contributed by atoms with E-state index in [0.717, 1.165) is 71.5 Å². The van der Waals surface area contributed by atoms with Crippen LogP contribution in [-0.2, 0) is 0 Å². The molecule has 2 aromatic rings. The molecular formula is C35H52Cl2N8O3. The first-order chi connectivity index (χ1) is 22.9. The Balaban J connectivity index is 1.15. The molecule has 0 bridgehead atoms. The van der Waals surface area contributed by atoms with E-state index in [2.05, 4.69) is 68.0 Å². The zero-order valence-corrected chi connectivity index (χ0v) is 30.3. The number of nitrogens with one attached hydrogen (secondary N) is 2. The number of likely N-dealkylation sites (N-methyl/N-ethyl adjacent to an activating group) is 1. The number of aliphatic hydroxyl groups is 1. The van der Waals surface area contributed by atoms with Gasteiger partial charge in [0.05, 0.1) is 27.7 Å². The number of halogens is 2. The van der Waals surface area contributed by atoms with Gasteiger partial charge in [0, 0.05) is 82.9 Å². The fourth-order valence-electron chi connectivity index (χ4n) is 7.47. The molecule has 5 heterocycles. The lowest BCUT2D eigenvalue weighted by Crippen LogP contribution is -2.63. The topological polar surface area (TPSA) is 117 Å². The van der Waals surface area contributed by atoms with Crippen LogP contribution in [0, 0.1) is 0 Å². The Bertz CT molecular complexity index is 1390. The van der Waals surface area contributed by atoms with Gasteiger partial charge in [-0.25, -0.2) is 9.97 Å². The molecule has 11 nitrogen and oxygen atoms in total. The van der Waals surface area contributed by atoms with Gasteiger partial charge in [0.2, 0.25) is 0 Å². The maximum Gasteiger partial charge on any atom is 0.271 e. The van der Waals surface area contributed by atoms with Crippen LogP contribution in [-0.4, -0.2) is 142 Å². The van der Waals surface area contributed by atoms with Gasteiger partial charge in [-0.15, -0.1) is 0 Å². The molecule has 264 valence electrons. The average Bonchev–Trinajstić information content (AvgIpc) is 3.06. The molecule has 2 aromatic heterocycles. The zero-order valence-electron chi connectivity index (χ0n) is 28.7. The number of piperazine rings is 1. The summed E-state index contributed by atoms with van der Waals surface area (Å²) in [5.41, 5.74) is 0.110. The molecule has 0 saturated carbocycles. The van der Waals surface area contributed by atoms with Crippen LogP contribution in [0.5, 0.6) is 0 Å². The van der Waals surface area contributed by atoms with Gasteiger partial charge in [0.15, 0.2) is 0 Å². The third-order valence-corrected chi connectivity index (χ3v) is 11.3. The highest BCUT2D eigenvalue weighted by molar-refractivity contribution is 6.33. The summed E-state index contributed by atoms with van der Waals surface area (Å²) in [6.07, 6.45) is 6.92. The van der Waals surface area contributed by atoms with Crippen LogP contribution in [0.3, 0.4) is 0 Å². The Morgan fingerprint density at radius 1 is 0.938 bits per heavy atom. The van der Waals surface area contributed by atoms with E-state index in [9.17, 15) is 14.7 Å². The van der Waals surface area contributed by atoms with E-state index in [1.54, 1.807) is 30.5 Å². The highest BCUT2D eigenvalue weighted by Crippen LogP contribution is 2.28. The predicted molar refractivity (Wildman–Crippen MR) is 190 cm³/mol. The van der Waals surface area contributed by atoms with Crippen molar-refractivity contribution in [2.45, 2.75) is 88.7 Å². The molecule has 3 aliphatic rings. The monoisotopic (exact) mass is 702 g/mol. The van der Waals surface area contributed by atoms with Crippen molar-refractivity contribution in [3.8, 4) is 0 Å². The molecule has 4 unspecified atom stereocenters. The SMILES string of the molecule is CC(C)N1CCC(CN2CCN(C)C(CCC(C)N3CCC(NC(=O)c4ncccc4Cl)C(O)C3)C2)(NC(=O)c2ncccc2Cl)CC1. The quantitative estimate of drug-likeness (QED) is 0.324. The van der Waals surface area contributed by atoms with Crippen molar-refractivity contribution >= 4 is 35.0 Å². The number of hydrogen-bond acceptors (Lipinski definition) is 9. The maximum atomic E-state index is 13.5. The van der Waals surface area contributed by atoms with Crippen molar-refractivity contribution in [3.05, 3.63) is 58.1 Å². The smallest absolute Gasteiger partial charge is 0.271 e. The van der Waals surface area contributed by atoms with Crippen LogP contribution >= 0.6 is 23.2 Å². The minimum absolute atomic E-state index is 0.180. The first-order valence-corrected chi connectivity index (χ1v) is 18.1. The van der Waals surface area contributed by atoms with Gasteiger partial charge in [-0.1, -0.05) is 23.2 Å². The maximum absolute atomic E-state index is 13.5. The van der Waals surface area contributed by atoms with Crippen molar-refractivity contribution < 1.29 is 14.7 Å². The largest absolute Gasteiger partial charge is 0.390 e. The number of pyridine rings is 2. The van der Waals surface area contributed by atoms with Gasteiger partial charge in [0.25, 0.3) is 11.8 Å². The molecule has 3 fully saturated rings. The predicted octanol–water partition coefficient (Wildman–Crippen LogP) is 3.41. The molecule has 0 radical (unpaired) electrons. The fraction of sp³-hybridized carbons (Fsp3) is 0.657. The van der Waals surface area contributed by atoms with Crippen LogP contribution < -0.4 is 10.6 Å². The van der Waals surface area contributed by atoms with Crippen LogP contribution in [0.25, 0.3) is 0 Å². The van der Waals surface area contributed by atoms with E-state index in [4.69, 9.17) is 23.2 Å². The number of rotatable bonds is 11. The lowest BCUT2D eigenvalue weighted by molar-refractivity contribution is 0.0151. The number of piperidine rings is 2. The van der Waals surface area contributed by atoms with Crippen molar-refractivity contribution in [2.75, 3.05) is 59.4 Å². The first-order valence-electron chi connectivity index (χ1n) is 17.4. The summed E-state index contributed by atoms with van der Waals surface area (Å²) >= 11 is 12.5. The summed E-state index contributed by atoms with van der Waals surface area (Å²) in [5, 5.41) is 18.0. The third-order valence-electron chi connectivity index (χ3n) is 10.7. The normalized spacial score (nSPS) is 25.1. The molecule has 0 aliphatic carbocycles. The molecule has 0 aromatic carbocycles.